The molecule has 2 aromatic rings. The number of hydrogen-bond donors (Lipinski definition) is 1. The standard InChI is InChI=1S/C15H18ClN3O2/c1-2-8-17-14(20)7-9-19-13(10-16)18-12-6-4-3-5-11(12)15(19)21/h3-6H,2,7-10H2,1H3,(H,17,20). The molecule has 0 fully saturated rings. The van der Waals surface area contributed by atoms with Gasteiger partial charge < -0.3 is 5.32 Å². The smallest absolute Gasteiger partial charge is 0.261 e. The molecule has 112 valence electrons. The Morgan fingerprint density at radius 3 is 2.86 bits per heavy atom. The lowest BCUT2D eigenvalue weighted by molar-refractivity contribution is -0.121. The van der Waals surface area contributed by atoms with Gasteiger partial charge in [-0.05, 0) is 18.6 Å². The number of hydrogen-bond acceptors (Lipinski definition) is 3. The zero-order valence-corrected chi connectivity index (χ0v) is 12.7. The highest BCUT2D eigenvalue weighted by molar-refractivity contribution is 6.16. The predicted molar refractivity (Wildman–Crippen MR) is 83.5 cm³/mol. The number of nitrogens with one attached hydrogen (secondary N) is 1. The summed E-state index contributed by atoms with van der Waals surface area (Å²) in [6, 6.07) is 7.14. The van der Waals surface area contributed by atoms with E-state index in [2.05, 4.69) is 10.3 Å². The number of aromatic nitrogens is 2. The van der Waals surface area contributed by atoms with Gasteiger partial charge >= 0.3 is 0 Å². The second-order valence-electron chi connectivity index (χ2n) is 4.74. The lowest BCUT2D eigenvalue weighted by Gasteiger charge is -2.11. The predicted octanol–water partition coefficient (Wildman–Crippen LogP) is 2.05. The third-order valence-corrected chi connectivity index (χ3v) is 3.43. The van der Waals surface area contributed by atoms with Gasteiger partial charge in [-0.15, -0.1) is 11.6 Å². The topological polar surface area (TPSA) is 64.0 Å². The van der Waals surface area contributed by atoms with Crippen molar-refractivity contribution in [1.29, 1.82) is 0 Å². The van der Waals surface area contributed by atoms with Gasteiger partial charge in [0.15, 0.2) is 0 Å². The minimum atomic E-state index is -0.153. The number of carbonyl (C=O) groups is 1. The quantitative estimate of drug-likeness (QED) is 0.831. The molecule has 5 nitrogen and oxygen atoms in total. The minimum Gasteiger partial charge on any atom is -0.356 e. The normalized spacial score (nSPS) is 10.8. The molecule has 0 saturated heterocycles. The molecular formula is C15H18ClN3O2. The third kappa shape index (κ3) is 3.61. The van der Waals surface area contributed by atoms with Gasteiger partial charge in [-0.25, -0.2) is 4.98 Å². The third-order valence-electron chi connectivity index (χ3n) is 3.19. The number of fused-ring (bicyclic) bond motifs is 1. The fourth-order valence-electron chi connectivity index (χ4n) is 2.11. The van der Waals surface area contributed by atoms with Crippen LogP contribution in [-0.2, 0) is 17.2 Å². The van der Waals surface area contributed by atoms with Crippen molar-refractivity contribution in [1.82, 2.24) is 14.9 Å². The van der Waals surface area contributed by atoms with Crippen LogP contribution >= 0.6 is 11.6 Å². The van der Waals surface area contributed by atoms with Crippen LogP contribution in [0.1, 0.15) is 25.6 Å². The average molecular weight is 308 g/mol. The van der Waals surface area contributed by atoms with Crippen molar-refractivity contribution in [3.63, 3.8) is 0 Å². The lowest BCUT2D eigenvalue weighted by Crippen LogP contribution is -2.30. The molecule has 0 unspecified atom stereocenters. The van der Waals surface area contributed by atoms with E-state index < -0.39 is 0 Å². The summed E-state index contributed by atoms with van der Waals surface area (Å²) in [5.41, 5.74) is 0.476. The largest absolute Gasteiger partial charge is 0.356 e. The molecular weight excluding hydrogens is 290 g/mol. The van der Waals surface area contributed by atoms with E-state index in [-0.39, 0.29) is 30.3 Å². The van der Waals surface area contributed by atoms with Gasteiger partial charge in [0, 0.05) is 19.5 Å². The molecule has 1 aromatic carbocycles. The van der Waals surface area contributed by atoms with Crippen molar-refractivity contribution in [2.45, 2.75) is 32.2 Å². The summed E-state index contributed by atoms with van der Waals surface area (Å²) in [6.07, 6.45) is 1.12. The molecule has 0 spiro atoms. The first kappa shape index (κ1) is 15.5. The van der Waals surface area contributed by atoms with Crippen LogP contribution in [-0.4, -0.2) is 22.0 Å². The number of para-hydroxylation sites is 1. The average Bonchev–Trinajstić information content (AvgIpc) is 2.51. The summed E-state index contributed by atoms with van der Waals surface area (Å²) in [5, 5.41) is 3.33. The van der Waals surface area contributed by atoms with Gasteiger partial charge in [-0.1, -0.05) is 19.1 Å². The number of nitrogens with zero attached hydrogens (tertiary/aromatic N) is 2. The van der Waals surface area contributed by atoms with Crippen molar-refractivity contribution >= 4 is 28.4 Å². The summed E-state index contributed by atoms with van der Waals surface area (Å²) in [7, 11) is 0. The van der Waals surface area contributed by atoms with Crippen LogP contribution < -0.4 is 10.9 Å². The van der Waals surface area contributed by atoms with Crippen LogP contribution in [0.15, 0.2) is 29.1 Å². The highest BCUT2D eigenvalue weighted by atomic mass is 35.5. The van der Waals surface area contributed by atoms with Crippen molar-refractivity contribution in [2.24, 2.45) is 0 Å². The van der Waals surface area contributed by atoms with Crippen LogP contribution in [0.2, 0.25) is 0 Å². The first-order valence-corrected chi connectivity index (χ1v) is 7.52. The fourth-order valence-corrected chi connectivity index (χ4v) is 2.32. The molecule has 1 N–H and O–H groups in total. The Labute approximate surface area is 127 Å². The maximum atomic E-state index is 12.5. The first-order valence-electron chi connectivity index (χ1n) is 6.98. The van der Waals surface area contributed by atoms with E-state index in [4.69, 9.17) is 11.6 Å². The van der Waals surface area contributed by atoms with Crippen LogP contribution in [0.4, 0.5) is 0 Å². The van der Waals surface area contributed by atoms with E-state index in [9.17, 15) is 9.59 Å². The zero-order valence-electron chi connectivity index (χ0n) is 11.9. The number of alkyl halides is 1. The molecule has 1 aromatic heterocycles. The van der Waals surface area contributed by atoms with Crippen molar-refractivity contribution in [2.75, 3.05) is 6.54 Å². The molecule has 6 heteroatoms. The molecule has 21 heavy (non-hydrogen) atoms. The Kier molecular flexibility index (Phi) is 5.33. The lowest BCUT2D eigenvalue weighted by atomic mass is 10.2. The van der Waals surface area contributed by atoms with Crippen LogP contribution in [0.3, 0.4) is 0 Å². The molecule has 0 aliphatic heterocycles. The van der Waals surface area contributed by atoms with Crippen molar-refractivity contribution in [3.8, 4) is 0 Å². The number of benzene rings is 1. The van der Waals surface area contributed by atoms with Gasteiger partial charge in [-0.2, -0.15) is 0 Å². The number of halogens is 1. The van der Waals surface area contributed by atoms with Gasteiger partial charge in [0.1, 0.15) is 5.82 Å². The van der Waals surface area contributed by atoms with Crippen molar-refractivity contribution in [3.05, 3.63) is 40.4 Å². The molecule has 0 aliphatic carbocycles. The van der Waals surface area contributed by atoms with E-state index in [0.717, 1.165) is 6.42 Å². The summed E-state index contributed by atoms with van der Waals surface area (Å²) < 4.78 is 1.49. The second-order valence-corrected chi connectivity index (χ2v) is 5.00. The van der Waals surface area contributed by atoms with E-state index in [1.54, 1.807) is 18.2 Å². The zero-order chi connectivity index (χ0) is 15.2. The highest BCUT2D eigenvalue weighted by Gasteiger charge is 2.11. The minimum absolute atomic E-state index is 0.0718. The molecule has 0 bridgehead atoms. The number of amides is 1. The van der Waals surface area contributed by atoms with E-state index >= 15 is 0 Å². The molecule has 2 rings (SSSR count). The number of rotatable bonds is 6. The molecule has 0 saturated carbocycles. The molecule has 1 amide bonds. The first-order chi connectivity index (χ1) is 10.2. The Balaban J connectivity index is 2.28. The van der Waals surface area contributed by atoms with E-state index in [0.29, 0.717) is 23.3 Å². The maximum absolute atomic E-state index is 12.5. The second kappa shape index (κ2) is 7.22. The monoisotopic (exact) mass is 307 g/mol. The highest BCUT2D eigenvalue weighted by Crippen LogP contribution is 2.09. The van der Waals surface area contributed by atoms with E-state index in [1.165, 1.54) is 4.57 Å². The van der Waals surface area contributed by atoms with Crippen molar-refractivity contribution < 1.29 is 4.79 Å². The van der Waals surface area contributed by atoms with E-state index in [1.807, 2.05) is 13.0 Å². The van der Waals surface area contributed by atoms with Gasteiger partial charge in [0.05, 0.1) is 16.8 Å². The van der Waals surface area contributed by atoms with Crippen LogP contribution in [0.25, 0.3) is 10.9 Å². The summed E-state index contributed by atoms with van der Waals surface area (Å²) in [5.74, 6) is 0.553. The SMILES string of the molecule is CCCNC(=O)CCn1c(CCl)nc2ccccc2c1=O. The van der Waals surface area contributed by atoms with Gasteiger partial charge in [-0.3, -0.25) is 14.2 Å². The summed E-state index contributed by atoms with van der Waals surface area (Å²) in [4.78, 5) is 28.5. The Bertz CT molecular complexity index is 697. The van der Waals surface area contributed by atoms with Crippen LogP contribution in [0.5, 0.6) is 0 Å². The Morgan fingerprint density at radius 2 is 2.14 bits per heavy atom. The number of carbonyl (C=O) groups excluding carboxylic acids is 1. The Hall–Kier alpha value is -1.88. The molecule has 0 atom stereocenters. The van der Waals surface area contributed by atoms with Crippen LogP contribution in [0, 0.1) is 0 Å². The van der Waals surface area contributed by atoms with Gasteiger partial charge in [0.25, 0.3) is 5.56 Å². The molecule has 1 heterocycles. The Morgan fingerprint density at radius 1 is 1.38 bits per heavy atom. The maximum Gasteiger partial charge on any atom is 0.261 e. The summed E-state index contributed by atoms with van der Waals surface area (Å²) in [6.45, 7) is 2.92. The summed E-state index contributed by atoms with van der Waals surface area (Å²) >= 11 is 5.88. The fraction of sp³-hybridized carbons (Fsp3) is 0.400. The molecule has 0 radical (unpaired) electrons. The van der Waals surface area contributed by atoms with Gasteiger partial charge in [0.2, 0.25) is 5.91 Å². The molecule has 0 aliphatic rings.